The van der Waals surface area contributed by atoms with Crippen molar-refractivity contribution in [2.24, 2.45) is 16.7 Å². The van der Waals surface area contributed by atoms with Gasteiger partial charge in [0, 0.05) is 23.8 Å². The molecule has 2 bridgehead atoms. The molecule has 1 heterocycles. The topological polar surface area (TPSA) is 40.7 Å². The maximum absolute atomic E-state index is 4.10. The van der Waals surface area contributed by atoms with Gasteiger partial charge in [0.1, 0.15) is 0 Å². The minimum Gasteiger partial charge on any atom is -0.309 e. The number of hydrogen-bond acceptors (Lipinski definition) is 2. The van der Waals surface area contributed by atoms with E-state index in [2.05, 4.69) is 43.2 Å². The van der Waals surface area contributed by atoms with E-state index in [0.717, 1.165) is 12.5 Å². The van der Waals surface area contributed by atoms with Crippen molar-refractivity contribution >= 4 is 0 Å². The Morgan fingerprint density at radius 3 is 2.72 bits per heavy atom. The van der Waals surface area contributed by atoms with Crippen LogP contribution in [0.1, 0.15) is 51.3 Å². The summed E-state index contributed by atoms with van der Waals surface area (Å²) >= 11 is 0. The molecule has 2 fully saturated rings. The highest BCUT2D eigenvalue weighted by atomic mass is 15.1. The van der Waals surface area contributed by atoms with Crippen LogP contribution in [0.2, 0.25) is 0 Å². The molecule has 3 atom stereocenters. The van der Waals surface area contributed by atoms with Crippen molar-refractivity contribution in [2.75, 3.05) is 0 Å². The van der Waals surface area contributed by atoms with Crippen LogP contribution in [0.25, 0.3) is 0 Å². The van der Waals surface area contributed by atoms with Gasteiger partial charge < -0.3 is 5.32 Å². The Balaban J connectivity index is 1.71. The number of H-pyrrole nitrogens is 1. The van der Waals surface area contributed by atoms with Gasteiger partial charge in [-0.3, -0.25) is 5.10 Å². The van der Waals surface area contributed by atoms with E-state index >= 15 is 0 Å². The average molecular weight is 247 g/mol. The van der Waals surface area contributed by atoms with Gasteiger partial charge in [0.15, 0.2) is 0 Å². The van der Waals surface area contributed by atoms with Crippen LogP contribution in [0.5, 0.6) is 0 Å². The first-order chi connectivity index (χ1) is 8.45. The molecule has 0 aromatic carbocycles. The van der Waals surface area contributed by atoms with Crippen molar-refractivity contribution in [3.63, 3.8) is 0 Å². The fourth-order valence-electron chi connectivity index (χ4n) is 4.30. The van der Waals surface area contributed by atoms with Crippen LogP contribution in [-0.4, -0.2) is 16.2 Å². The van der Waals surface area contributed by atoms with Crippen molar-refractivity contribution in [3.8, 4) is 0 Å². The van der Waals surface area contributed by atoms with Gasteiger partial charge in [-0.05, 0) is 42.9 Å². The van der Waals surface area contributed by atoms with E-state index in [1.165, 1.54) is 30.5 Å². The van der Waals surface area contributed by atoms with E-state index in [1.54, 1.807) is 0 Å². The van der Waals surface area contributed by atoms with Gasteiger partial charge in [0.2, 0.25) is 0 Å². The van der Waals surface area contributed by atoms with Gasteiger partial charge in [-0.2, -0.15) is 5.10 Å². The fourth-order valence-corrected chi connectivity index (χ4v) is 4.30. The second kappa shape index (κ2) is 3.83. The van der Waals surface area contributed by atoms with Gasteiger partial charge in [-0.25, -0.2) is 0 Å². The number of fused-ring (bicyclic) bond motifs is 2. The fraction of sp³-hybridized carbons (Fsp3) is 0.800. The summed E-state index contributed by atoms with van der Waals surface area (Å²) in [5.41, 5.74) is 3.46. The summed E-state index contributed by atoms with van der Waals surface area (Å²) in [6.07, 6.45) is 6.10. The second-order valence-electron chi connectivity index (χ2n) is 7.06. The lowest BCUT2D eigenvalue weighted by molar-refractivity contribution is 0.120. The second-order valence-corrected chi connectivity index (χ2v) is 7.06. The molecule has 18 heavy (non-hydrogen) atoms. The Kier molecular flexibility index (Phi) is 2.60. The zero-order valence-electron chi connectivity index (χ0n) is 12.0. The molecule has 100 valence electrons. The third kappa shape index (κ3) is 1.49. The Hall–Kier alpha value is -0.830. The number of rotatable bonds is 3. The molecule has 0 saturated heterocycles. The Morgan fingerprint density at radius 1 is 1.44 bits per heavy atom. The van der Waals surface area contributed by atoms with Gasteiger partial charge in [0.05, 0.1) is 6.20 Å². The first-order valence-corrected chi connectivity index (χ1v) is 7.17. The van der Waals surface area contributed by atoms with E-state index in [-0.39, 0.29) is 0 Å². The van der Waals surface area contributed by atoms with Crippen LogP contribution in [0.15, 0.2) is 6.20 Å². The molecule has 0 radical (unpaired) electrons. The molecule has 3 rings (SSSR count). The van der Waals surface area contributed by atoms with Gasteiger partial charge in [-0.15, -0.1) is 0 Å². The van der Waals surface area contributed by atoms with Gasteiger partial charge in [0.25, 0.3) is 0 Å². The van der Waals surface area contributed by atoms with Crippen molar-refractivity contribution < 1.29 is 0 Å². The molecule has 2 aliphatic carbocycles. The maximum atomic E-state index is 4.10. The predicted octanol–water partition coefficient (Wildman–Crippen LogP) is 3.02. The third-order valence-electron chi connectivity index (χ3n) is 6.27. The van der Waals surface area contributed by atoms with E-state index in [4.69, 9.17) is 0 Å². The molecule has 2 aliphatic rings. The number of hydrogen-bond donors (Lipinski definition) is 2. The minimum atomic E-state index is 0.468. The quantitative estimate of drug-likeness (QED) is 0.862. The van der Waals surface area contributed by atoms with E-state index in [1.807, 2.05) is 6.20 Å². The third-order valence-corrected chi connectivity index (χ3v) is 6.27. The lowest BCUT2D eigenvalue weighted by atomic mass is 9.69. The highest BCUT2D eigenvalue weighted by molar-refractivity contribution is 5.17. The highest BCUT2D eigenvalue weighted by Crippen LogP contribution is 2.65. The van der Waals surface area contributed by atoms with Crippen molar-refractivity contribution in [1.82, 2.24) is 15.5 Å². The summed E-state index contributed by atoms with van der Waals surface area (Å²) in [6.45, 7) is 10.5. The molecule has 2 N–H and O–H groups in total. The summed E-state index contributed by atoms with van der Waals surface area (Å²) < 4.78 is 0. The lowest BCUT2D eigenvalue weighted by Gasteiger charge is -2.39. The van der Waals surface area contributed by atoms with Crippen LogP contribution in [0.4, 0.5) is 0 Å². The summed E-state index contributed by atoms with van der Waals surface area (Å²) in [4.78, 5) is 0. The monoisotopic (exact) mass is 247 g/mol. The van der Waals surface area contributed by atoms with Crippen molar-refractivity contribution in [3.05, 3.63) is 17.5 Å². The number of aromatic amines is 1. The standard InChI is InChI=1S/C15H25N3/c1-10-11(9-17-18-10)8-16-13-7-12-5-6-15(13,4)14(12,2)3/h9,12-13,16H,5-8H2,1-4H3,(H,17,18). The molecular weight excluding hydrogens is 222 g/mol. The number of aromatic nitrogens is 2. The number of nitrogens with zero attached hydrogens (tertiary/aromatic N) is 1. The molecule has 3 unspecified atom stereocenters. The number of nitrogens with one attached hydrogen (secondary N) is 2. The smallest absolute Gasteiger partial charge is 0.0535 e. The largest absolute Gasteiger partial charge is 0.309 e. The molecule has 0 aliphatic heterocycles. The highest BCUT2D eigenvalue weighted by Gasteiger charge is 2.60. The Bertz CT molecular complexity index is 448. The predicted molar refractivity (Wildman–Crippen MR) is 73.2 cm³/mol. The summed E-state index contributed by atoms with van der Waals surface area (Å²) in [5.74, 6) is 0.908. The molecule has 1 aromatic heterocycles. The minimum absolute atomic E-state index is 0.468. The summed E-state index contributed by atoms with van der Waals surface area (Å²) in [6, 6.07) is 0.667. The SMILES string of the molecule is Cc1[nH]ncc1CNC1CC2CCC1(C)C2(C)C. The van der Waals surface area contributed by atoms with Crippen LogP contribution in [0.3, 0.4) is 0 Å². The van der Waals surface area contributed by atoms with Crippen molar-refractivity contribution in [2.45, 2.75) is 59.5 Å². The van der Waals surface area contributed by atoms with Crippen molar-refractivity contribution in [1.29, 1.82) is 0 Å². The zero-order valence-corrected chi connectivity index (χ0v) is 12.0. The molecule has 1 aromatic rings. The molecule has 3 nitrogen and oxygen atoms in total. The lowest BCUT2D eigenvalue weighted by Crippen LogP contribution is -2.44. The first kappa shape index (κ1) is 12.2. The molecular formula is C15H25N3. The van der Waals surface area contributed by atoms with Gasteiger partial charge >= 0.3 is 0 Å². The first-order valence-electron chi connectivity index (χ1n) is 7.17. The molecule has 3 heteroatoms. The average Bonchev–Trinajstić information content (AvgIpc) is 2.87. The van der Waals surface area contributed by atoms with Crippen LogP contribution < -0.4 is 5.32 Å². The summed E-state index contributed by atoms with van der Waals surface area (Å²) in [5, 5.41) is 10.9. The molecule has 2 saturated carbocycles. The molecule has 0 amide bonds. The van der Waals surface area contributed by atoms with Crippen LogP contribution >= 0.6 is 0 Å². The normalized spacial score (nSPS) is 37.3. The van der Waals surface area contributed by atoms with Crippen LogP contribution in [0, 0.1) is 23.7 Å². The summed E-state index contributed by atoms with van der Waals surface area (Å²) in [7, 11) is 0. The van der Waals surface area contributed by atoms with E-state index in [9.17, 15) is 0 Å². The molecule has 0 spiro atoms. The Morgan fingerprint density at radius 2 is 2.22 bits per heavy atom. The van der Waals surface area contributed by atoms with Crippen LogP contribution in [-0.2, 0) is 6.54 Å². The Labute approximate surface area is 110 Å². The maximum Gasteiger partial charge on any atom is 0.0535 e. The van der Waals surface area contributed by atoms with Gasteiger partial charge in [-0.1, -0.05) is 20.8 Å². The number of aryl methyl sites for hydroxylation is 1. The van der Waals surface area contributed by atoms with E-state index < -0.39 is 0 Å². The van der Waals surface area contributed by atoms with E-state index in [0.29, 0.717) is 16.9 Å². The zero-order chi connectivity index (χ0) is 13.0.